The van der Waals surface area contributed by atoms with E-state index in [4.69, 9.17) is 11.6 Å². The Bertz CT molecular complexity index is 1350. The van der Waals surface area contributed by atoms with Gasteiger partial charge in [0.15, 0.2) is 0 Å². The highest BCUT2D eigenvalue weighted by Crippen LogP contribution is 2.43. The summed E-state index contributed by atoms with van der Waals surface area (Å²) in [7, 11) is 0. The Balaban J connectivity index is 1.54. The monoisotopic (exact) mass is 531 g/mol. The first-order valence-electron chi connectivity index (χ1n) is 13.6. The number of rotatable bonds is 8. The van der Waals surface area contributed by atoms with Crippen molar-refractivity contribution in [3.8, 4) is 0 Å². The van der Waals surface area contributed by atoms with Crippen LogP contribution in [0, 0.1) is 19.8 Å². The lowest BCUT2D eigenvalue weighted by atomic mass is 9.85. The van der Waals surface area contributed by atoms with Crippen LogP contribution in [0.5, 0.6) is 0 Å². The summed E-state index contributed by atoms with van der Waals surface area (Å²) >= 11 is 6.88. The van der Waals surface area contributed by atoms with E-state index in [1.54, 1.807) is 6.07 Å². The number of allylic oxidation sites excluding steroid dienone is 1. The molecule has 0 aromatic heterocycles. The number of aromatic carboxylic acids is 1. The molecule has 2 aliphatic rings. The second-order valence-electron chi connectivity index (χ2n) is 10.9. The lowest BCUT2D eigenvalue weighted by Crippen LogP contribution is -2.47. The number of hydrogen-bond acceptors (Lipinski definition) is 2. The minimum absolute atomic E-state index is 0.242. The van der Waals surface area contributed by atoms with Gasteiger partial charge >= 0.3 is 5.97 Å². The number of benzene rings is 3. The van der Waals surface area contributed by atoms with Crippen LogP contribution in [0.1, 0.15) is 68.6 Å². The number of fused-ring (bicyclic) bond motifs is 1. The van der Waals surface area contributed by atoms with Crippen LogP contribution in [0.25, 0.3) is 11.1 Å². The summed E-state index contributed by atoms with van der Waals surface area (Å²) < 4.78 is 12.5. The number of carbonyl (C=O) groups is 1. The molecule has 5 rings (SSSR count). The van der Waals surface area contributed by atoms with Gasteiger partial charge in [-0.05, 0) is 120 Å². The Morgan fingerprint density at radius 3 is 2.50 bits per heavy atom. The van der Waals surface area contributed by atoms with Crippen molar-refractivity contribution in [2.75, 3.05) is 26.3 Å². The lowest BCUT2D eigenvalue weighted by Gasteiger charge is -2.39. The van der Waals surface area contributed by atoms with Crippen molar-refractivity contribution >= 4 is 28.7 Å². The molecule has 1 N–H and O–H groups in total. The van der Waals surface area contributed by atoms with E-state index >= 15 is 0 Å². The van der Waals surface area contributed by atoms with Gasteiger partial charge in [0.05, 0.1) is 12.2 Å². The summed E-state index contributed by atoms with van der Waals surface area (Å²) in [5.74, 6) is -0.277. The van der Waals surface area contributed by atoms with Crippen LogP contribution < -0.4 is 0 Å². The molecule has 1 heterocycles. The van der Waals surface area contributed by atoms with Gasteiger partial charge in [-0.3, -0.25) is 4.39 Å². The molecule has 0 bridgehead atoms. The third-order valence-electron chi connectivity index (χ3n) is 7.94. The lowest BCUT2D eigenvalue weighted by molar-refractivity contribution is 0.0696. The fraction of sp³-hybridized carbons (Fsp3) is 0.364. The summed E-state index contributed by atoms with van der Waals surface area (Å²) in [5, 5.41) is 10.4. The van der Waals surface area contributed by atoms with E-state index < -0.39 is 5.97 Å². The van der Waals surface area contributed by atoms with E-state index in [-0.39, 0.29) is 6.67 Å². The van der Waals surface area contributed by atoms with Crippen molar-refractivity contribution in [2.24, 2.45) is 5.92 Å². The predicted molar refractivity (Wildman–Crippen MR) is 154 cm³/mol. The molecule has 0 unspecified atom stereocenters. The topological polar surface area (TPSA) is 40.5 Å². The van der Waals surface area contributed by atoms with E-state index in [0.717, 1.165) is 89.3 Å². The first kappa shape index (κ1) is 26.6. The molecule has 38 heavy (non-hydrogen) atoms. The molecule has 1 saturated heterocycles. The maximum absolute atomic E-state index is 12.5. The van der Waals surface area contributed by atoms with Crippen molar-refractivity contribution in [3.63, 3.8) is 0 Å². The molecular formula is C33H35ClFNO2. The Morgan fingerprint density at radius 1 is 1.05 bits per heavy atom. The molecular weight excluding hydrogens is 497 g/mol. The highest BCUT2D eigenvalue weighted by Gasteiger charge is 2.27. The Morgan fingerprint density at radius 2 is 1.82 bits per heavy atom. The zero-order valence-corrected chi connectivity index (χ0v) is 23.0. The second-order valence-corrected chi connectivity index (χ2v) is 11.3. The van der Waals surface area contributed by atoms with Crippen LogP contribution in [0.4, 0.5) is 4.39 Å². The number of alkyl halides is 1. The van der Waals surface area contributed by atoms with Crippen LogP contribution in [0.2, 0.25) is 5.02 Å². The highest BCUT2D eigenvalue weighted by molar-refractivity contribution is 6.33. The summed E-state index contributed by atoms with van der Waals surface area (Å²) in [6.07, 6.45) is 4.27. The van der Waals surface area contributed by atoms with Gasteiger partial charge < -0.3 is 10.0 Å². The van der Waals surface area contributed by atoms with Gasteiger partial charge in [0.2, 0.25) is 0 Å². The molecule has 3 aromatic rings. The molecule has 0 saturated carbocycles. The molecule has 0 amide bonds. The number of likely N-dealkylation sites (tertiary alicyclic amines) is 1. The zero-order chi connectivity index (χ0) is 26.8. The van der Waals surface area contributed by atoms with Crippen LogP contribution >= 0.6 is 11.6 Å². The van der Waals surface area contributed by atoms with Gasteiger partial charge in [-0.25, -0.2) is 4.79 Å². The molecule has 0 radical (unpaired) electrons. The number of carboxylic acid groups (broad SMARTS) is 1. The third-order valence-corrected chi connectivity index (χ3v) is 8.24. The average molecular weight is 532 g/mol. The molecule has 5 heteroatoms. The van der Waals surface area contributed by atoms with Crippen molar-refractivity contribution in [2.45, 2.75) is 46.0 Å². The Kier molecular flexibility index (Phi) is 8.01. The van der Waals surface area contributed by atoms with E-state index in [2.05, 4.69) is 49.1 Å². The van der Waals surface area contributed by atoms with Crippen molar-refractivity contribution in [1.29, 1.82) is 0 Å². The Labute approximate surface area is 230 Å². The minimum Gasteiger partial charge on any atom is -0.478 e. The third kappa shape index (κ3) is 5.57. The number of halogens is 2. The predicted octanol–water partition coefficient (Wildman–Crippen LogP) is 7.78. The van der Waals surface area contributed by atoms with Crippen LogP contribution in [0.15, 0.2) is 54.6 Å². The Hall–Kier alpha value is -2.95. The molecule has 1 aliphatic carbocycles. The number of hydrogen-bond donors (Lipinski definition) is 1. The van der Waals surface area contributed by atoms with Gasteiger partial charge in [-0.1, -0.05) is 48.0 Å². The fourth-order valence-electron chi connectivity index (χ4n) is 6.21. The van der Waals surface area contributed by atoms with Gasteiger partial charge in [-0.2, -0.15) is 0 Å². The molecule has 1 fully saturated rings. The van der Waals surface area contributed by atoms with Crippen molar-refractivity contribution in [3.05, 3.63) is 104 Å². The molecule has 0 spiro atoms. The molecule has 3 aromatic carbocycles. The average Bonchev–Trinajstić information content (AvgIpc) is 3.04. The summed E-state index contributed by atoms with van der Waals surface area (Å²) in [6.45, 7) is 6.89. The maximum atomic E-state index is 12.5. The van der Waals surface area contributed by atoms with Gasteiger partial charge in [0.25, 0.3) is 0 Å². The largest absolute Gasteiger partial charge is 0.478 e. The first-order chi connectivity index (χ1) is 18.3. The smallest absolute Gasteiger partial charge is 0.335 e. The second kappa shape index (κ2) is 11.4. The van der Waals surface area contributed by atoms with Crippen LogP contribution in [-0.2, 0) is 12.8 Å². The van der Waals surface area contributed by atoms with E-state index in [0.29, 0.717) is 17.9 Å². The molecule has 3 nitrogen and oxygen atoms in total. The summed E-state index contributed by atoms with van der Waals surface area (Å²) in [4.78, 5) is 14.0. The van der Waals surface area contributed by atoms with Crippen LogP contribution in [0.3, 0.4) is 0 Å². The number of aryl methyl sites for hydroxylation is 3. The molecule has 1 aliphatic heterocycles. The van der Waals surface area contributed by atoms with Crippen molar-refractivity contribution < 1.29 is 14.3 Å². The first-order valence-corrected chi connectivity index (χ1v) is 14.0. The van der Waals surface area contributed by atoms with Gasteiger partial charge in [0, 0.05) is 24.7 Å². The van der Waals surface area contributed by atoms with E-state index in [1.165, 1.54) is 11.1 Å². The number of nitrogens with zero attached hydrogens (tertiary/aromatic N) is 1. The van der Waals surface area contributed by atoms with Gasteiger partial charge in [0.1, 0.15) is 0 Å². The normalized spacial score (nSPS) is 16.2. The maximum Gasteiger partial charge on any atom is 0.335 e. The molecule has 198 valence electrons. The highest BCUT2D eigenvalue weighted by atomic mass is 35.5. The standard InChI is InChI=1S/C33H35ClFNO2/c1-21-15-22(2)31(30(34)16-21)29-6-3-5-26-18-27(33(37)38)11-12-28(26)32(29)25-9-7-23(8-10-25)17-24-19-36(20-24)14-4-13-35/h7-12,15-16,18,24H,3-6,13-14,17,19-20H2,1-2H3,(H,37,38). The molecule has 0 atom stereocenters. The SMILES string of the molecule is Cc1cc(C)c(C2=C(c3ccc(CC4CN(CCCF)C4)cc3)c3ccc(C(=O)O)cc3CCC2)c(Cl)c1. The zero-order valence-electron chi connectivity index (χ0n) is 22.2. The van der Waals surface area contributed by atoms with E-state index in [1.807, 2.05) is 18.2 Å². The summed E-state index contributed by atoms with van der Waals surface area (Å²) in [6, 6.07) is 18.6. The minimum atomic E-state index is -0.899. The van der Waals surface area contributed by atoms with Crippen LogP contribution in [-0.4, -0.2) is 42.3 Å². The van der Waals surface area contributed by atoms with E-state index in [9.17, 15) is 14.3 Å². The van der Waals surface area contributed by atoms with Gasteiger partial charge in [-0.15, -0.1) is 0 Å². The quantitative estimate of drug-likeness (QED) is 0.322. The van der Waals surface area contributed by atoms with Crippen molar-refractivity contribution in [1.82, 2.24) is 4.90 Å². The number of carboxylic acids is 1. The fourth-order valence-corrected chi connectivity index (χ4v) is 6.65. The summed E-state index contributed by atoms with van der Waals surface area (Å²) in [5.41, 5.74) is 10.7.